The molecule has 3 heterocycles. The van der Waals surface area contributed by atoms with Crippen molar-refractivity contribution in [1.29, 1.82) is 5.26 Å². The molecule has 6 rings (SSSR count). The van der Waals surface area contributed by atoms with Crippen molar-refractivity contribution in [3.8, 4) is 34.2 Å². The summed E-state index contributed by atoms with van der Waals surface area (Å²) in [6.07, 6.45) is 10.1. The van der Waals surface area contributed by atoms with Crippen LogP contribution < -0.4 is 15.5 Å². The molecule has 2 amide bonds. The van der Waals surface area contributed by atoms with Crippen molar-refractivity contribution in [3.05, 3.63) is 103 Å². The van der Waals surface area contributed by atoms with Gasteiger partial charge < -0.3 is 15.7 Å². The number of nitrogens with one attached hydrogen (secondary N) is 2. The van der Waals surface area contributed by atoms with Gasteiger partial charge in [-0.25, -0.2) is 19.7 Å². The van der Waals surface area contributed by atoms with E-state index >= 15 is 0 Å². The maximum Gasteiger partial charge on any atom is 0.323 e. The topological polar surface area (TPSA) is 145 Å². The highest BCUT2D eigenvalue weighted by Gasteiger charge is 2.31. The molecule has 2 aromatic carbocycles. The fourth-order valence-corrected chi connectivity index (χ4v) is 5.62. The quantitative estimate of drug-likeness (QED) is 0.207. The van der Waals surface area contributed by atoms with Crippen LogP contribution in [0.15, 0.2) is 91.5 Å². The molecule has 0 aliphatic heterocycles. The van der Waals surface area contributed by atoms with Crippen molar-refractivity contribution >= 4 is 17.8 Å². The summed E-state index contributed by atoms with van der Waals surface area (Å²) in [7, 11) is 1.87. The Bertz CT molecular complexity index is 1790. The summed E-state index contributed by atoms with van der Waals surface area (Å²) >= 11 is 0. The minimum absolute atomic E-state index is 0.0509. The van der Waals surface area contributed by atoms with E-state index in [9.17, 15) is 15.2 Å². The number of rotatable bonds is 8. The molecule has 1 fully saturated rings. The van der Waals surface area contributed by atoms with Crippen molar-refractivity contribution < 1.29 is 9.90 Å². The van der Waals surface area contributed by atoms with Crippen molar-refractivity contribution in [2.45, 2.75) is 44.3 Å². The second-order valence-electron chi connectivity index (χ2n) is 11.1. The summed E-state index contributed by atoms with van der Waals surface area (Å²) < 4.78 is 1.75. The summed E-state index contributed by atoms with van der Waals surface area (Å²) in [5.41, 5.74) is 4.49. The number of anilines is 2. The molecule has 45 heavy (non-hydrogen) atoms. The minimum atomic E-state index is -0.189. The average molecular weight is 600 g/mol. The van der Waals surface area contributed by atoms with Crippen molar-refractivity contribution in [2.24, 2.45) is 7.05 Å². The van der Waals surface area contributed by atoms with Crippen molar-refractivity contribution in [1.82, 2.24) is 30.0 Å². The monoisotopic (exact) mass is 599 g/mol. The zero-order valence-electron chi connectivity index (χ0n) is 24.8. The molecular weight excluding hydrogens is 566 g/mol. The minimum Gasteiger partial charge on any atom is -0.508 e. The number of amides is 2. The first kappa shape index (κ1) is 29.3. The molecule has 0 spiro atoms. The largest absolute Gasteiger partial charge is 0.508 e. The maximum atomic E-state index is 13.7. The van der Waals surface area contributed by atoms with Crippen LogP contribution >= 0.6 is 0 Å². The lowest BCUT2D eigenvalue weighted by molar-refractivity contribution is 0.240. The summed E-state index contributed by atoms with van der Waals surface area (Å²) in [6.45, 7) is 0.417. The number of urea groups is 1. The second-order valence-corrected chi connectivity index (χ2v) is 11.1. The van der Waals surface area contributed by atoms with Gasteiger partial charge in [-0.2, -0.15) is 10.4 Å². The Morgan fingerprint density at radius 1 is 0.956 bits per heavy atom. The van der Waals surface area contributed by atoms with Crippen LogP contribution in [0.1, 0.15) is 36.8 Å². The molecule has 0 saturated heterocycles. The number of hydrogen-bond donors (Lipinski definition) is 3. The number of nitriles is 1. The van der Waals surface area contributed by atoms with Crippen LogP contribution in [-0.2, 0) is 13.6 Å². The fourth-order valence-electron chi connectivity index (χ4n) is 5.62. The van der Waals surface area contributed by atoms with Gasteiger partial charge in [0, 0.05) is 54.8 Å². The van der Waals surface area contributed by atoms with Gasteiger partial charge in [0.25, 0.3) is 0 Å². The van der Waals surface area contributed by atoms with Crippen LogP contribution in [0.3, 0.4) is 0 Å². The van der Waals surface area contributed by atoms with E-state index in [2.05, 4.69) is 31.8 Å². The molecule has 11 nitrogen and oxygen atoms in total. The smallest absolute Gasteiger partial charge is 0.323 e. The Hall–Kier alpha value is -5.76. The zero-order chi connectivity index (χ0) is 31.2. The maximum absolute atomic E-state index is 13.7. The number of aromatic hydroxyl groups is 1. The third-order valence-electron chi connectivity index (χ3n) is 7.98. The molecular formula is C34H33N9O2. The lowest BCUT2D eigenvalue weighted by Gasteiger charge is -2.36. The second kappa shape index (κ2) is 13.3. The number of phenols is 1. The highest BCUT2D eigenvalue weighted by atomic mass is 16.3. The van der Waals surface area contributed by atoms with E-state index in [1.54, 1.807) is 46.2 Å². The Kier molecular flexibility index (Phi) is 8.64. The van der Waals surface area contributed by atoms with Gasteiger partial charge in [-0.1, -0.05) is 30.3 Å². The van der Waals surface area contributed by atoms with Crippen LogP contribution in [-0.4, -0.2) is 48.0 Å². The Morgan fingerprint density at radius 2 is 1.71 bits per heavy atom. The number of carbonyl (C=O) groups excluding carboxylic acids is 1. The normalized spacial score (nSPS) is 16.0. The van der Waals surface area contributed by atoms with Crippen LogP contribution in [0.5, 0.6) is 5.75 Å². The van der Waals surface area contributed by atoms with E-state index in [4.69, 9.17) is 4.98 Å². The Morgan fingerprint density at radius 3 is 2.38 bits per heavy atom. The number of nitrogens with zero attached hydrogens (tertiary/aromatic N) is 7. The average Bonchev–Trinajstić information content (AvgIpc) is 3.52. The molecule has 0 atom stereocenters. The van der Waals surface area contributed by atoms with Gasteiger partial charge in [-0.3, -0.25) is 9.58 Å². The molecule has 5 aromatic rings. The molecule has 1 aliphatic rings. The molecule has 3 aromatic heterocycles. The first-order valence-corrected chi connectivity index (χ1v) is 14.9. The Balaban J connectivity index is 1.17. The van der Waals surface area contributed by atoms with Gasteiger partial charge in [-0.15, -0.1) is 0 Å². The summed E-state index contributed by atoms with van der Waals surface area (Å²) in [4.78, 5) is 29.2. The van der Waals surface area contributed by atoms with E-state index in [0.29, 0.717) is 29.6 Å². The van der Waals surface area contributed by atoms with E-state index < -0.39 is 0 Å². The van der Waals surface area contributed by atoms with Crippen LogP contribution in [0, 0.1) is 11.3 Å². The highest BCUT2D eigenvalue weighted by molar-refractivity contribution is 5.91. The first-order chi connectivity index (χ1) is 22.0. The van der Waals surface area contributed by atoms with Crippen LogP contribution in [0.25, 0.3) is 22.4 Å². The molecule has 1 aliphatic carbocycles. The summed E-state index contributed by atoms with van der Waals surface area (Å²) in [6, 6.07) is 22.3. The molecule has 226 valence electrons. The van der Waals surface area contributed by atoms with Crippen LogP contribution in [0.2, 0.25) is 0 Å². The van der Waals surface area contributed by atoms with Gasteiger partial charge in [0.1, 0.15) is 17.6 Å². The molecule has 3 N–H and O–H groups in total. The zero-order valence-corrected chi connectivity index (χ0v) is 24.8. The number of pyridine rings is 1. The molecule has 0 unspecified atom stereocenters. The summed E-state index contributed by atoms with van der Waals surface area (Å²) in [5.74, 6) is 1.17. The predicted octanol–water partition coefficient (Wildman–Crippen LogP) is 5.66. The SMILES string of the molecule is Cn1cc(-c2ccc(N(C(=O)NCc3ccccc3)C3CCC(Nc4ncc(C#N)c(-c5ccc(O)cc5)n4)CC3)nc2)cn1. The summed E-state index contributed by atoms with van der Waals surface area (Å²) in [5, 5.41) is 30.0. The number of carbonyl (C=O) groups is 1. The number of aromatic nitrogens is 5. The molecule has 11 heteroatoms. The predicted molar refractivity (Wildman–Crippen MR) is 171 cm³/mol. The van der Waals surface area contributed by atoms with E-state index in [0.717, 1.165) is 47.9 Å². The number of benzene rings is 2. The van der Waals surface area contributed by atoms with Gasteiger partial charge in [0.2, 0.25) is 5.95 Å². The number of aryl methyl sites for hydroxylation is 1. The van der Waals surface area contributed by atoms with E-state index in [-0.39, 0.29) is 23.9 Å². The fraction of sp³-hybridized carbons (Fsp3) is 0.235. The molecule has 0 radical (unpaired) electrons. The highest BCUT2D eigenvalue weighted by Crippen LogP contribution is 2.30. The number of phenolic OH excluding ortho intramolecular Hbond substituents is 1. The third-order valence-corrected chi connectivity index (χ3v) is 7.98. The molecule has 0 bridgehead atoms. The van der Waals surface area contributed by atoms with Crippen molar-refractivity contribution in [3.63, 3.8) is 0 Å². The standard InChI is InChI=1S/C34H33N9O2/c1-42-22-27(21-39-42)25-9-16-31(36-19-25)43(34(45)38-18-23-5-3-2-4-6-23)29-12-10-28(11-13-29)40-33-37-20-26(17-35)32(41-33)24-7-14-30(44)15-8-24/h2-9,14-16,19-22,28-29,44H,10-13,18H2,1H3,(H,38,45)(H,37,40,41). The van der Waals surface area contributed by atoms with Gasteiger partial charge >= 0.3 is 6.03 Å². The Labute approximate surface area is 261 Å². The third kappa shape index (κ3) is 6.91. The van der Waals surface area contributed by atoms with E-state index in [1.807, 2.05) is 55.7 Å². The van der Waals surface area contributed by atoms with Crippen molar-refractivity contribution in [2.75, 3.05) is 10.2 Å². The van der Waals surface area contributed by atoms with Gasteiger partial charge in [0.15, 0.2) is 0 Å². The lowest BCUT2D eigenvalue weighted by Crippen LogP contribution is -2.49. The first-order valence-electron chi connectivity index (χ1n) is 14.9. The van der Waals surface area contributed by atoms with Crippen LogP contribution in [0.4, 0.5) is 16.6 Å². The van der Waals surface area contributed by atoms with Gasteiger partial charge in [-0.05, 0) is 67.6 Å². The number of hydrogen-bond acceptors (Lipinski definition) is 8. The van der Waals surface area contributed by atoms with Gasteiger partial charge in [0.05, 0.1) is 23.7 Å². The lowest BCUT2D eigenvalue weighted by atomic mass is 9.90. The molecule has 1 saturated carbocycles. The van der Waals surface area contributed by atoms with E-state index in [1.165, 1.54) is 6.20 Å².